The van der Waals surface area contributed by atoms with Gasteiger partial charge in [-0.05, 0) is 24.6 Å². The van der Waals surface area contributed by atoms with Crippen molar-refractivity contribution in [1.82, 2.24) is 5.32 Å². The van der Waals surface area contributed by atoms with E-state index in [2.05, 4.69) is 5.32 Å². The Balaban J connectivity index is 2.94. The van der Waals surface area contributed by atoms with Crippen molar-refractivity contribution >= 4 is 5.69 Å². The lowest BCUT2D eigenvalue weighted by Crippen LogP contribution is -2.33. The highest BCUT2D eigenvalue weighted by Gasteiger charge is 2.17. The Morgan fingerprint density at radius 3 is 2.57 bits per heavy atom. The van der Waals surface area contributed by atoms with Gasteiger partial charge in [0.25, 0.3) is 6.43 Å². The summed E-state index contributed by atoms with van der Waals surface area (Å²) in [4.78, 5) is 1.32. The van der Waals surface area contributed by atoms with Crippen LogP contribution in [0, 0.1) is 11.7 Å². The van der Waals surface area contributed by atoms with Crippen LogP contribution in [0.3, 0.4) is 0 Å². The number of anilines is 1. The molecule has 21 heavy (non-hydrogen) atoms. The highest BCUT2D eigenvalue weighted by atomic mass is 19.3. The normalized spacial score (nSPS) is 11.4. The molecule has 0 aliphatic rings. The number of nitrogens with zero attached hydrogens (tertiary/aromatic N) is 1. The third kappa shape index (κ3) is 5.93. The van der Waals surface area contributed by atoms with Gasteiger partial charge in [0.05, 0.1) is 13.2 Å². The molecule has 6 heteroatoms. The minimum Gasteiger partial charge on any atom is -0.395 e. The van der Waals surface area contributed by atoms with Gasteiger partial charge in [0.1, 0.15) is 5.82 Å². The predicted octanol–water partition coefficient (Wildman–Crippen LogP) is 2.64. The number of hydrogen-bond donors (Lipinski definition) is 2. The number of aliphatic hydroxyl groups excluding tert-OH is 1. The molecule has 1 aromatic carbocycles. The van der Waals surface area contributed by atoms with Gasteiger partial charge in [0.2, 0.25) is 0 Å². The van der Waals surface area contributed by atoms with Gasteiger partial charge in [-0.1, -0.05) is 19.9 Å². The van der Waals surface area contributed by atoms with Crippen LogP contribution < -0.4 is 10.2 Å². The summed E-state index contributed by atoms with van der Waals surface area (Å²) in [5.74, 6) is -0.0178. The zero-order valence-electron chi connectivity index (χ0n) is 12.5. The molecule has 3 nitrogen and oxygen atoms in total. The van der Waals surface area contributed by atoms with Crippen LogP contribution in [0.15, 0.2) is 18.2 Å². The topological polar surface area (TPSA) is 35.5 Å². The lowest BCUT2D eigenvalue weighted by molar-refractivity contribution is 0.152. The molecule has 0 saturated carbocycles. The fourth-order valence-corrected chi connectivity index (χ4v) is 2.10. The molecule has 2 N–H and O–H groups in total. The van der Waals surface area contributed by atoms with Crippen molar-refractivity contribution in [3.05, 3.63) is 29.6 Å². The Kier molecular flexibility index (Phi) is 7.53. The van der Waals surface area contributed by atoms with E-state index in [0.717, 1.165) is 0 Å². The van der Waals surface area contributed by atoms with Crippen LogP contribution >= 0.6 is 0 Å². The Labute approximate surface area is 123 Å². The summed E-state index contributed by atoms with van der Waals surface area (Å²) in [5, 5.41) is 12.1. The predicted molar refractivity (Wildman–Crippen MR) is 78.2 cm³/mol. The zero-order chi connectivity index (χ0) is 15.8. The monoisotopic (exact) mass is 304 g/mol. The average Bonchev–Trinajstić information content (AvgIpc) is 2.39. The number of aliphatic hydroxyl groups is 1. The Bertz CT molecular complexity index is 427. The highest BCUT2D eigenvalue weighted by molar-refractivity contribution is 5.54. The first kappa shape index (κ1) is 17.8. The minimum atomic E-state index is -2.55. The smallest absolute Gasteiger partial charge is 0.255 e. The van der Waals surface area contributed by atoms with Crippen molar-refractivity contribution < 1.29 is 18.3 Å². The molecule has 0 saturated heterocycles. The molecular weight excluding hydrogens is 281 g/mol. The fraction of sp³-hybridized carbons (Fsp3) is 0.600. The summed E-state index contributed by atoms with van der Waals surface area (Å²) in [6, 6.07) is 4.41. The van der Waals surface area contributed by atoms with Gasteiger partial charge in [-0.2, -0.15) is 0 Å². The summed E-state index contributed by atoms with van der Waals surface area (Å²) in [7, 11) is 0. The maximum Gasteiger partial charge on any atom is 0.255 e. The molecule has 0 bridgehead atoms. The molecule has 0 aliphatic carbocycles. The standard InChI is InChI=1S/C15H23F3N2O/c1-11(2)8-19-9-12-13(16)4-3-5-14(12)20(6-7-21)10-15(17)18/h3-5,11,15,19,21H,6-10H2,1-2H3. The van der Waals surface area contributed by atoms with E-state index in [1.807, 2.05) is 13.8 Å². The van der Waals surface area contributed by atoms with Crippen LogP contribution in [0.2, 0.25) is 0 Å². The number of hydrogen-bond acceptors (Lipinski definition) is 3. The summed E-state index contributed by atoms with van der Waals surface area (Å²) >= 11 is 0. The van der Waals surface area contributed by atoms with E-state index in [1.165, 1.54) is 17.0 Å². The molecule has 0 heterocycles. The molecule has 0 amide bonds. The molecule has 0 fully saturated rings. The lowest BCUT2D eigenvalue weighted by atomic mass is 10.1. The van der Waals surface area contributed by atoms with Crippen LogP contribution in [0.4, 0.5) is 18.9 Å². The van der Waals surface area contributed by atoms with Gasteiger partial charge < -0.3 is 15.3 Å². The van der Waals surface area contributed by atoms with Crippen LogP contribution in [-0.2, 0) is 6.54 Å². The SMILES string of the molecule is CC(C)CNCc1c(F)cccc1N(CCO)CC(F)F. The van der Waals surface area contributed by atoms with Crippen LogP contribution in [0.5, 0.6) is 0 Å². The van der Waals surface area contributed by atoms with Gasteiger partial charge in [-0.15, -0.1) is 0 Å². The van der Waals surface area contributed by atoms with Crippen molar-refractivity contribution in [3.8, 4) is 0 Å². The second kappa shape index (κ2) is 8.89. The fourth-order valence-electron chi connectivity index (χ4n) is 2.10. The zero-order valence-corrected chi connectivity index (χ0v) is 12.5. The van der Waals surface area contributed by atoms with Crippen LogP contribution in [0.25, 0.3) is 0 Å². The average molecular weight is 304 g/mol. The minimum absolute atomic E-state index is 0.0466. The van der Waals surface area contributed by atoms with Crippen molar-refractivity contribution in [2.75, 3.05) is 31.1 Å². The summed E-state index contributed by atoms with van der Waals surface area (Å²) in [6.07, 6.45) is -2.55. The number of halogens is 3. The Morgan fingerprint density at radius 2 is 2.00 bits per heavy atom. The summed E-state index contributed by atoms with van der Waals surface area (Å²) in [5.41, 5.74) is 0.757. The largest absolute Gasteiger partial charge is 0.395 e. The van der Waals surface area contributed by atoms with E-state index in [9.17, 15) is 13.2 Å². The first-order valence-electron chi connectivity index (χ1n) is 7.07. The van der Waals surface area contributed by atoms with Gasteiger partial charge in [0, 0.05) is 24.3 Å². The van der Waals surface area contributed by atoms with Gasteiger partial charge in [-0.3, -0.25) is 0 Å². The van der Waals surface area contributed by atoms with Crippen molar-refractivity contribution in [2.45, 2.75) is 26.8 Å². The third-order valence-corrected chi connectivity index (χ3v) is 3.02. The third-order valence-electron chi connectivity index (χ3n) is 3.02. The second-order valence-corrected chi connectivity index (χ2v) is 5.32. The summed E-state index contributed by atoms with van der Waals surface area (Å²) < 4.78 is 39.3. The molecule has 1 rings (SSSR count). The molecule has 120 valence electrons. The van der Waals surface area contributed by atoms with E-state index in [1.54, 1.807) is 6.07 Å². The molecule has 0 unspecified atom stereocenters. The Morgan fingerprint density at radius 1 is 1.29 bits per heavy atom. The summed E-state index contributed by atoms with van der Waals surface area (Å²) in [6.45, 7) is 4.30. The molecule has 0 aromatic heterocycles. The maximum atomic E-state index is 14.0. The first-order chi connectivity index (χ1) is 9.95. The molecule has 0 radical (unpaired) electrons. The molecule has 0 aliphatic heterocycles. The number of benzene rings is 1. The van der Waals surface area contributed by atoms with E-state index in [-0.39, 0.29) is 19.7 Å². The Hall–Kier alpha value is -1.27. The molecule has 1 aromatic rings. The van der Waals surface area contributed by atoms with Crippen LogP contribution in [0.1, 0.15) is 19.4 Å². The van der Waals surface area contributed by atoms with Crippen molar-refractivity contribution in [2.24, 2.45) is 5.92 Å². The molecule has 0 spiro atoms. The van der Waals surface area contributed by atoms with E-state index < -0.39 is 18.8 Å². The number of alkyl halides is 2. The second-order valence-electron chi connectivity index (χ2n) is 5.32. The van der Waals surface area contributed by atoms with Crippen molar-refractivity contribution in [1.29, 1.82) is 0 Å². The van der Waals surface area contributed by atoms with Crippen molar-refractivity contribution in [3.63, 3.8) is 0 Å². The number of rotatable bonds is 9. The van der Waals surface area contributed by atoms with Crippen LogP contribution in [-0.4, -0.2) is 37.8 Å². The van der Waals surface area contributed by atoms with Gasteiger partial charge in [0.15, 0.2) is 0 Å². The number of nitrogens with one attached hydrogen (secondary N) is 1. The van der Waals surface area contributed by atoms with Gasteiger partial charge >= 0.3 is 0 Å². The molecular formula is C15H23F3N2O. The van der Waals surface area contributed by atoms with E-state index in [4.69, 9.17) is 5.11 Å². The molecule has 0 atom stereocenters. The first-order valence-corrected chi connectivity index (χ1v) is 7.07. The van der Waals surface area contributed by atoms with E-state index >= 15 is 0 Å². The maximum absolute atomic E-state index is 14.0. The highest BCUT2D eigenvalue weighted by Crippen LogP contribution is 2.24. The van der Waals surface area contributed by atoms with E-state index in [0.29, 0.717) is 23.7 Å². The van der Waals surface area contributed by atoms with Gasteiger partial charge in [-0.25, -0.2) is 13.2 Å². The lowest BCUT2D eigenvalue weighted by Gasteiger charge is -2.26. The quantitative estimate of drug-likeness (QED) is 0.736.